The second-order valence-corrected chi connectivity index (χ2v) is 6.30. The van der Waals surface area contributed by atoms with Gasteiger partial charge in [-0.2, -0.15) is 0 Å². The van der Waals surface area contributed by atoms with Crippen LogP contribution < -0.4 is 10.5 Å². The summed E-state index contributed by atoms with van der Waals surface area (Å²) in [5, 5.41) is 0.438. The van der Waals surface area contributed by atoms with Gasteiger partial charge >= 0.3 is 0 Å². The molecule has 3 aromatic rings. The fourth-order valence-corrected chi connectivity index (χ4v) is 3.03. The summed E-state index contributed by atoms with van der Waals surface area (Å²) in [6, 6.07) is 7.91. The average molecular weight is 353 g/mol. The highest BCUT2D eigenvalue weighted by atomic mass is 16.3. The topological polar surface area (TPSA) is 68.3 Å². The van der Waals surface area contributed by atoms with Gasteiger partial charge in [0.25, 0.3) is 5.56 Å². The number of anilines is 1. The Kier molecular flexibility index (Phi) is 4.93. The van der Waals surface area contributed by atoms with Crippen LogP contribution in [0.3, 0.4) is 0 Å². The van der Waals surface area contributed by atoms with Gasteiger partial charge in [-0.15, -0.1) is 0 Å². The quantitative estimate of drug-likeness (QED) is 0.706. The number of hydrogen-bond acceptors (Lipinski definition) is 4. The van der Waals surface area contributed by atoms with Crippen molar-refractivity contribution in [1.29, 1.82) is 0 Å². The molecule has 1 aromatic carbocycles. The van der Waals surface area contributed by atoms with Crippen molar-refractivity contribution in [2.45, 2.75) is 40.7 Å². The van der Waals surface area contributed by atoms with Gasteiger partial charge in [-0.25, -0.2) is 4.98 Å². The third-order valence-electron chi connectivity index (χ3n) is 4.73. The molecule has 0 saturated heterocycles. The van der Waals surface area contributed by atoms with Gasteiger partial charge in [0.2, 0.25) is 11.6 Å². The van der Waals surface area contributed by atoms with Crippen molar-refractivity contribution >= 4 is 22.7 Å². The van der Waals surface area contributed by atoms with Gasteiger partial charge in [0.05, 0.1) is 0 Å². The van der Waals surface area contributed by atoms with Crippen LogP contribution >= 0.6 is 0 Å². The minimum Gasteiger partial charge on any atom is -0.443 e. The van der Waals surface area contributed by atoms with E-state index in [0.29, 0.717) is 23.4 Å². The van der Waals surface area contributed by atoms with E-state index in [9.17, 15) is 9.59 Å². The van der Waals surface area contributed by atoms with E-state index in [1.54, 1.807) is 11.8 Å². The molecule has 2 heterocycles. The number of furan rings is 1. The first-order chi connectivity index (χ1) is 12.5. The molecule has 6 nitrogen and oxygen atoms in total. The van der Waals surface area contributed by atoms with E-state index in [2.05, 4.69) is 11.9 Å². The summed E-state index contributed by atoms with van der Waals surface area (Å²) in [7, 11) is 0. The first-order valence-corrected chi connectivity index (χ1v) is 8.80. The normalized spacial score (nSPS) is 11.1. The summed E-state index contributed by atoms with van der Waals surface area (Å²) < 4.78 is 6.82. The van der Waals surface area contributed by atoms with Crippen molar-refractivity contribution in [2.24, 2.45) is 0 Å². The van der Waals surface area contributed by atoms with E-state index in [0.717, 1.165) is 17.7 Å². The average Bonchev–Trinajstić information content (AvgIpc) is 2.93. The number of amides is 1. The monoisotopic (exact) mass is 353 g/mol. The molecular formula is C20H23N3O3. The number of benzene rings is 1. The minimum absolute atomic E-state index is 0.0607. The van der Waals surface area contributed by atoms with Gasteiger partial charge in [0.15, 0.2) is 0 Å². The molecule has 2 aromatic heterocycles. The molecule has 136 valence electrons. The third kappa shape index (κ3) is 3.14. The molecule has 0 bridgehead atoms. The smallest absolute Gasteiger partial charge is 0.265 e. The van der Waals surface area contributed by atoms with Gasteiger partial charge < -0.3 is 9.32 Å². The number of fused-ring (bicyclic) bond motifs is 1. The molecule has 0 atom stereocenters. The molecule has 1 amide bonds. The molecule has 3 rings (SSSR count). The van der Waals surface area contributed by atoms with Crippen LogP contribution in [-0.2, 0) is 17.8 Å². The van der Waals surface area contributed by atoms with Crippen LogP contribution in [0.25, 0.3) is 11.1 Å². The summed E-state index contributed by atoms with van der Waals surface area (Å²) in [5.74, 6) is 0.512. The third-order valence-corrected chi connectivity index (χ3v) is 4.73. The zero-order valence-corrected chi connectivity index (χ0v) is 15.6. The van der Waals surface area contributed by atoms with Crippen molar-refractivity contribution in [3.05, 3.63) is 57.8 Å². The van der Waals surface area contributed by atoms with E-state index in [1.165, 1.54) is 16.5 Å². The SMILES string of the molecule is CCc1ccc(N(CC)C(=O)Cn2cnc3oc(C)c(C)c3c2=O)cc1. The lowest BCUT2D eigenvalue weighted by molar-refractivity contribution is -0.119. The maximum absolute atomic E-state index is 12.8. The summed E-state index contributed by atoms with van der Waals surface area (Å²) >= 11 is 0. The number of hydrogen-bond donors (Lipinski definition) is 0. The van der Waals surface area contributed by atoms with Gasteiger partial charge in [-0.3, -0.25) is 14.2 Å². The first kappa shape index (κ1) is 17.9. The lowest BCUT2D eigenvalue weighted by Crippen LogP contribution is -2.36. The largest absolute Gasteiger partial charge is 0.443 e. The Bertz CT molecular complexity index is 1000. The molecule has 0 saturated carbocycles. The Labute approximate surface area is 152 Å². The summed E-state index contributed by atoms with van der Waals surface area (Å²) in [6.45, 7) is 8.09. The van der Waals surface area contributed by atoms with Crippen LogP contribution in [-0.4, -0.2) is 22.0 Å². The number of likely N-dealkylation sites (N-methyl/N-ethyl adjacent to an activating group) is 1. The lowest BCUT2D eigenvalue weighted by atomic mass is 10.1. The van der Waals surface area contributed by atoms with Crippen LogP contribution in [0.4, 0.5) is 5.69 Å². The van der Waals surface area contributed by atoms with Gasteiger partial charge in [-0.1, -0.05) is 19.1 Å². The number of rotatable bonds is 5. The molecule has 0 aliphatic heterocycles. The molecule has 0 N–H and O–H groups in total. The zero-order valence-electron chi connectivity index (χ0n) is 15.6. The Morgan fingerprint density at radius 1 is 1.19 bits per heavy atom. The van der Waals surface area contributed by atoms with Crippen molar-refractivity contribution in [1.82, 2.24) is 9.55 Å². The maximum atomic E-state index is 12.8. The number of nitrogens with zero attached hydrogens (tertiary/aromatic N) is 3. The van der Waals surface area contributed by atoms with Crippen molar-refractivity contribution < 1.29 is 9.21 Å². The predicted molar refractivity (Wildman–Crippen MR) is 102 cm³/mol. The Morgan fingerprint density at radius 2 is 1.88 bits per heavy atom. The highest BCUT2D eigenvalue weighted by molar-refractivity contribution is 5.93. The lowest BCUT2D eigenvalue weighted by Gasteiger charge is -2.21. The van der Waals surface area contributed by atoms with Crippen molar-refractivity contribution in [3.63, 3.8) is 0 Å². The molecule has 0 radical (unpaired) electrons. The van der Waals surface area contributed by atoms with Crippen molar-refractivity contribution in [3.8, 4) is 0 Å². The summed E-state index contributed by atoms with van der Waals surface area (Å²) in [4.78, 5) is 31.4. The molecule has 26 heavy (non-hydrogen) atoms. The van der Waals surface area contributed by atoms with Gasteiger partial charge in [0, 0.05) is 17.8 Å². The molecular weight excluding hydrogens is 330 g/mol. The highest BCUT2D eigenvalue weighted by Crippen LogP contribution is 2.19. The van der Waals surface area contributed by atoms with Crippen LogP contribution in [0.2, 0.25) is 0 Å². The summed E-state index contributed by atoms with van der Waals surface area (Å²) in [5.41, 5.74) is 2.87. The van der Waals surface area contributed by atoms with E-state index in [1.807, 2.05) is 38.1 Å². The zero-order chi connectivity index (χ0) is 18.8. The fraction of sp³-hybridized carbons (Fsp3) is 0.350. The predicted octanol–water partition coefficient (Wildman–Crippen LogP) is 3.22. The van der Waals surface area contributed by atoms with Gasteiger partial charge in [0.1, 0.15) is 24.0 Å². The minimum atomic E-state index is -0.255. The fourth-order valence-electron chi connectivity index (χ4n) is 3.03. The number of aromatic nitrogens is 2. The van der Waals surface area contributed by atoms with E-state index < -0.39 is 0 Å². The molecule has 0 fully saturated rings. The van der Waals surface area contributed by atoms with Crippen LogP contribution in [0.1, 0.15) is 30.7 Å². The number of carbonyl (C=O) groups is 1. The molecule has 0 aliphatic carbocycles. The summed E-state index contributed by atoms with van der Waals surface area (Å²) in [6.07, 6.45) is 2.32. The number of carbonyl (C=O) groups excluding carboxylic acids is 1. The standard InChI is InChI=1S/C20H23N3O3/c1-5-15-7-9-16(10-8-15)23(6-2)17(24)11-22-12-21-19-18(20(22)25)13(3)14(4)26-19/h7-10,12H,5-6,11H2,1-4H3. The van der Waals surface area contributed by atoms with Crippen LogP contribution in [0.5, 0.6) is 0 Å². The molecule has 0 spiro atoms. The second-order valence-electron chi connectivity index (χ2n) is 6.30. The Morgan fingerprint density at radius 3 is 2.50 bits per heavy atom. The van der Waals surface area contributed by atoms with E-state index >= 15 is 0 Å². The number of aryl methyl sites for hydroxylation is 3. The molecule has 0 unspecified atom stereocenters. The Balaban J connectivity index is 1.90. The highest BCUT2D eigenvalue weighted by Gasteiger charge is 2.18. The maximum Gasteiger partial charge on any atom is 0.265 e. The van der Waals surface area contributed by atoms with Crippen LogP contribution in [0, 0.1) is 13.8 Å². The molecule has 6 heteroatoms. The second kappa shape index (κ2) is 7.15. The van der Waals surface area contributed by atoms with E-state index in [4.69, 9.17) is 4.42 Å². The van der Waals surface area contributed by atoms with Crippen molar-refractivity contribution in [2.75, 3.05) is 11.4 Å². The molecule has 0 aliphatic rings. The van der Waals surface area contributed by atoms with Gasteiger partial charge in [-0.05, 0) is 44.9 Å². The first-order valence-electron chi connectivity index (χ1n) is 8.80. The van der Waals surface area contributed by atoms with E-state index in [-0.39, 0.29) is 18.0 Å². The Hall–Kier alpha value is -2.89. The van der Waals surface area contributed by atoms with Crippen LogP contribution in [0.15, 0.2) is 39.8 Å².